The summed E-state index contributed by atoms with van der Waals surface area (Å²) in [6.45, 7) is 19.5. The van der Waals surface area contributed by atoms with E-state index in [9.17, 15) is 0 Å². The summed E-state index contributed by atoms with van der Waals surface area (Å²) < 4.78 is 0. The molecule has 0 aromatic carbocycles. The lowest BCUT2D eigenvalue weighted by Crippen LogP contribution is -2.57. The second-order valence-electron chi connectivity index (χ2n) is 9.02. The first-order valence-corrected chi connectivity index (χ1v) is 9.84. The molecule has 0 aromatic rings. The van der Waals surface area contributed by atoms with Crippen LogP contribution in [0.4, 0.5) is 0 Å². The second-order valence-corrected chi connectivity index (χ2v) is 9.02. The molecule has 1 heterocycles. The Morgan fingerprint density at radius 1 is 0.818 bits per heavy atom. The normalized spacial score (nSPS) is 35.5. The van der Waals surface area contributed by atoms with E-state index in [1.165, 1.54) is 51.9 Å². The largest absolute Gasteiger partial charge is 0.298 e. The third kappa shape index (κ3) is 4.96. The molecule has 1 aliphatic heterocycles. The zero-order valence-corrected chi connectivity index (χ0v) is 16.0. The average Bonchev–Trinajstić information content (AvgIpc) is 2.44. The molecule has 2 unspecified atom stereocenters. The van der Waals surface area contributed by atoms with Crippen LogP contribution in [0.1, 0.15) is 67.2 Å². The van der Waals surface area contributed by atoms with E-state index >= 15 is 0 Å². The molecular weight excluding hydrogens is 268 g/mol. The minimum absolute atomic E-state index is 0.727. The van der Waals surface area contributed by atoms with Crippen LogP contribution >= 0.6 is 0 Å². The van der Waals surface area contributed by atoms with Gasteiger partial charge < -0.3 is 0 Å². The summed E-state index contributed by atoms with van der Waals surface area (Å²) in [6.07, 6.45) is 5.88. The topological polar surface area (TPSA) is 6.48 Å². The van der Waals surface area contributed by atoms with E-state index in [4.69, 9.17) is 0 Å². The first kappa shape index (κ1) is 18.3. The third-order valence-electron chi connectivity index (χ3n) is 6.17. The van der Waals surface area contributed by atoms with E-state index in [1.54, 1.807) is 0 Å². The lowest BCUT2D eigenvalue weighted by molar-refractivity contribution is 0.0206. The maximum Gasteiger partial charge on any atom is 0.0195 e. The molecule has 0 amide bonds. The van der Waals surface area contributed by atoms with Gasteiger partial charge in [-0.1, -0.05) is 27.7 Å². The minimum atomic E-state index is 0.727. The quantitative estimate of drug-likeness (QED) is 0.738. The van der Waals surface area contributed by atoms with Crippen LogP contribution in [-0.4, -0.2) is 48.1 Å². The molecule has 0 aromatic heterocycles. The average molecular weight is 309 g/mol. The monoisotopic (exact) mass is 308 g/mol. The van der Waals surface area contributed by atoms with Gasteiger partial charge in [-0.05, 0) is 63.2 Å². The van der Waals surface area contributed by atoms with Crippen LogP contribution in [0.3, 0.4) is 0 Å². The molecule has 2 rings (SSSR count). The van der Waals surface area contributed by atoms with Crippen molar-refractivity contribution >= 4 is 0 Å². The molecular formula is C20H40N2. The number of hydrogen-bond donors (Lipinski definition) is 0. The highest BCUT2D eigenvalue weighted by Gasteiger charge is 2.32. The molecule has 1 saturated carbocycles. The molecule has 2 aliphatic rings. The van der Waals surface area contributed by atoms with E-state index in [1.807, 2.05) is 0 Å². The summed E-state index contributed by atoms with van der Waals surface area (Å²) in [5, 5.41) is 0. The highest BCUT2D eigenvalue weighted by atomic mass is 15.3. The van der Waals surface area contributed by atoms with Crippen molar-refractivity contribution in [1.82, 2.24) is 9.80 Å². The van der Waals surface area contributed by atoms with Crippen LogP contribution in [0.25, 0.3) is 0 Å². The first-order chi connectivity index (χ1) is 10.4. The van der Waals surface area contributed by atoms with Crippen molar-refractivity contribution < 1.29 is 0 Å². The summed E-state index contributed by atoms with van der Waals surface area (Å²) >= 11 is 0. The SMILES string of the molecule is CC(C)CN1CC(C)N(CC2CCC(C(C)C)CC2)CC1C. The van der Waals surface area contributed by atoms with Gasteiger partial charge in [0.15, 0.2) is 0 Å². The summed E-state index contributed by atoms with van der Waals surface area (Å²) in [4.78, 5) is 5.50. The fraction of sp³-hybridized carbons (Fsp3) is 1.00. The lowest BCUT2D eigenvalue weighted by Gasteiger charge is -2.46. The molecule has 130 valence electrons. The molecule has 2 nitrogen and oxygen atoms in total. The minimum Gasteiger partial charge on any atom is -0.298 e. The highest BCUT2D eigenvalue weighted by Crippen LogP contribution is 2.34. The first-order valence-electron chi connectivity index (χ1n) is 9.84. The molecule has 2 heteroatoms. The standard InChI is InChI=1S/C20H40N2/c1-15(2)11-21-12-18(6)22(13-17(21)5)14-19-7-9-20(10-8-19)16(3)4/h15-20H,7-14H2,1-6H3. The van der Waals surface area contributed by atoms with Crippen LogP contribution in [0, 0.1) is 23.7 Å². The van der Waals surface area contributed by atoms with Gasteiger partial charge in [-0.15, -0.1) is 0 Å². The van der Waals surface area contributed by atoms with Gasteiger partial charge in [0.05, 0.1) is 0 Å². The molecule has 2 atom stereocenters. The predicted octanol–water partition coefficient (Wildman–Crippen LogP) is 4.50. The van der Waals surface area contributed by atoms with Gasteiger partial charge in [0.1, 0.15) is 0 Å². The fourth-order valence-electron chi connectivity index (χ4n) is 4.62. The Hall–Kier alpha value is -0.0800. The second kappa shape index (κ2) is 8.15. The van der Waals surface area contributed by atoms with Crippen molar-refractivity contribution in [2.45, 2.75) is 79.3 Å². The number of hydrogen-bond acceptors (Lipinski definition) is 2. The van der Waals surface area contributed by atoms with Crippen molar-refractivity contribution in [2.24, 2.45) is 23.7 Å². The van der Waals surface area contributed by atoms with E-state index in [-0.39, 0.29) is 0 Å². The number of rotatable bonds is 5. The Morgan fingerprint density at radius 2 is 1.36 bits per heavy atom. The van der Waals surface area contributed by atoms with Crippen LogP contribution < -0.4 is 0 Å². The Labute approximate surface area is 139 Å². The van der Waals surface area contributed by atoms with E-state index in [2.05, 4.69) is 51.3 Å². The predicted molar refractivity (Wildman–Crippen MR) is 97.2 cm³/mol. The third-order valence-corrected chi connectivity index (χ3v) is 6.17. The van der Waals surface area contributed by atoms with Crippen LogP contribution in [-0.2, 0) is 0 Å². The van der Waals surface area contributed by atoms with Crippen molar-refractivity contribution in [3.8, 4) is 0 Å². The van der Waals surface area contributed by atoms with Gasteiger partial charge in [-0.25, -0.2) is 0 Å². The molecule has 0 radical (unpaired) electrons. The summed E-state index contributed by atoms with van der Waals surface area (Å²) in [7, 11) is 0. The maximum absolute atomic E-state index is 2.79. The fourth-order valence-corrected chi connectivity index (χ4v) is 4.62. The van der Waals surface area contributed by atoms with E-state index in [0.717, 1.165) is 35.8 Å². The van der Waals surface area contributed by atoms with Crippen LogP contribution in [0.15, 0.2) is 0 Å². The van der Waals surface area contributed by atoms with Crippen molar-refractivity contribution in [2.75, 3.05) is 26.2 Å². The van der Waals surface area contributed by atoms with E-state index < -0.39 is 0 Å². The summed E-state index contributed by atoms with van der Waals surface area (Å²) in [6, 6.07) is 1.46. The van der Waals surface area contributed by atoms with Gasteiger partial charge >= 0.3 is 0 Å². The Balaban J connectivity index is 1.79. The molecule has 0 spiro atoms. The Bertz CT molecular complexity index is 318. The molecule has 2 fully saturated rings. The molecule has 1 aliphatic carbocycles. The Morgan fingerprint density at radius 3 is 1.91 bits per heavy atom. The Kier molecular flexibility index (Phi) is 6.76. The van der Waals surface area contributed by atoms with Gasteiger partial charge in [0, 0.05) is 38.3 Å². The summed E-state index contributed by atoms with van der Waals surface area (Å²) in [5.41, 5.74) is 0. The molecule has 22 heavy (non-hydrogen) atoms. The van der Waals surface area contributed by atoms with Gasteiger partial charge in [-0.3, -0.25) is 9.80 Å². The van der Waals surface area contributed by atoms with E-state index in [0.29, 0.717) is 0 Å². The molecule has 1 saturated heterocycles. The zero-order valence-electron chi connectivity index (χ0n) is 16.0. The smallest absolute Gasteiger partial charge is 0.0195 e. The van der Waals surface area contributed by atoms with Crippen molar-refractivity contribution in [1.29, 1.82) is 0 Å². The van der Waals surface area contributed by atoms with Crippen LogP contribution in [0.2, 0.25) is 0 Å². The number of piperazine rings is 1. The molecule has 0 N–H and O–H groups in total. The number of nitrogens with zero attached hydrogens (tertiary/aromatic N) is 2. The zero-order chi connectivity index (χ0) is 16.3. The van der Waals surface area contributed by atoms with Gasteiger partial charge in [0.25, 0.3) is 0 Å². The summed E-state index contributed by atoms with van der Waals surface area (Å²) in [5.74, 6) is 3.63. The molecule has 0 bridgehead atoms. The van der Waals surface area contributed by atoms with Crippen molar-refractivity contribution in [3.05, 3.63) is 0 Å². The van der Waals surface area contributed by atoms with Gasteiger partial charge in [0.2, 0.25) is 0 Å². The lowest BCUT2D eigenvalue weighted by atomic mass is 9.76. The maximum atomic E-state index is 2.79. The van der Waals surface area contributed by atoms with Crippen LogP contribution in [0.5, 0.6) is 0 Å². The highest BCUT2D eigenvalue weighted by molar-refractivity contribution is 4.87. The van der Waals surface area contributed by atoms with Gasteiger partial charge in [-0.2, -0.15) is 0 Å². The van der Waals surface area contributed by atoms with Crippen molar-refractivity contribution in [3.63, 3.8) is 0 Å².